The molecule has 1 aromatic carbocycles. The number of esters is 1. The van der Waals surface area contributed by atoms with Crippen molar-refractivity contribution < 1.29 is 14.3 Å². The third-order valence-electron chi connectivity index (χ3n) is 4.34. The highest BCUT2D eigenvalue weighted by atomic mass is 16.5. The fourth-order valence-electron chi connectivity index (χ4n) is 2.91. The molecule has 1 aliphatic heterocycles. The van der Waals surface area contributed by atoms with Gasteiger partial charge in [0.2, 0.25) is 0 Å². The van der Waals surface area contributed by atoms with Gasteiger partial charge in [0.15, 0.2) is 0 Å². The molecule has 0 unspecified atom stereocenters. The highest BCUT2D eigenvalue weighted by molar-refractivity contribution is 5.93. The first kappa shape index (κ1) is 16.4. The van der Waals surface area contributed by atoms with E-state index in [0.29, 0.717) is 16.8 Å². The summed E-state index contributed by atoms with van der Waals surface area (Å²) in [7, 11) is 1.36. The second-order valence-corrected chi connectivity index (χ2v) is 5.95. The van der Waals surface area contributed by atoms with Gasteiger partial charge in [-0.1, -0.05) is 0 Å². The summed E-state index contributed by atoms with van der Waals surface area (Å²) >= 11 is 0. The largest absolute Gasteiger partial charge is 0.465 e. The first-order valence-electron chi connectivity index (χ1n) is 8.39. The number of morpholine rings is 1. The van der Waals surface area contributed by atoms with Crippen molar-refractivity contribution in [2.45, 2.75) is 0 Å². The van der Waals surface area contributed by atoms with Crippen molar-refractivity contribution >= 4 is 22.8 Å². The summed E-state index contributed by atoms with van der Waals surface area (Å²) in [6, 6.07) is 9.10. The molecular weight excluding hydrogens is 332 g/mol. The third kappa shape index (κ3) is 3.21. The number of aromatic nitrogens is 3. The average Bonchev–Trinajstić information content (AvgIpc) is 2.73. The lowest BCUT2D eigenvalue weighted by Crippen LogP contribution is -2.36. The summed E-state index contributed by atoms with van der Waals surface area (Å²) in [6.45, 7) is 3.14. The number of ether oxygens (including phenoxy) is 2. The van der Waals surface area contributed by atoms with Gasteiger partial charge >= 0.3 is 5.97 Å². The van der Waals surface area contributed by atoms with Crippen LogP contribution in [0.3, 0.4) is 0 Å². The Morgan fingerprint density at radius 2 is 1.92 bits per heavy atom. The summed E-state index contributed by atoms with van der Waals surface area (Å²) in [6.07, 6.45) is 3.51. The van der Waals surface area contributed by atoms with Crippen LogP contribution in [0.15, 0.2) is 42.7 Å². The Morgan fingerprint density at radius 3 is 2.65 bits per heavy atom. The van der Waals surface area contributed by atoms with Crippen LogP contribution in [0, 0.1) is 0 Å². The van der Waals surface area contributed by atoms with Crippen LogP contribution in [-0.4, -0.2) is 54.3 Å². The number of anilines is 1. The van der Waals surface area contributed by atoms with Gasteiger partial charge in [0.1, 0.15) is 5.82 Å². The summed E-state index contributed by atoms with van der Waals surface area (Å²) < 4.78 is 10.1. The normalized spacial score (nSPS) is 14.4. The molecule has 0 amide bonds. The van der Waals surface area contributed by atoms with Crippen LogP contribution in [0.4, 0.5) is 5.82 Å². The minimum atomic E-state index is -0.393. The summed E-state index contributed by atoms with van der Waals surface area (Å²) in [5.74, 6) is 0.536. The van der Waals surface area contributed by atoms with E-state index in [4.69, 9.17) is 9.47 Å². The van der Waals surface area contributed by atoms with Crippen LogP contribution in [-0.2, 0) is 9.47 Å². The van der Waals surface area contributed by atoms with Gasteiger partial charge in [-0.05, 0) is 30.3 Å². The van der Waals surface area contributed by atoms with Gasteiger partial charge in [-0.2, -0.15) is 0 Å². The molecule has 0 saturated carbocycles. The highest BCUT2D eigenvalue weighted by Gasteiger charge is 2.13. The number of hydrogen-bond acceptors (Lipinski definition) is 7. The van der Waals surface area contributed by atoms with E-state index in [1.807, 2.05) is 12.1 Å². The Balaban J connectivity index is 1.64. The standard InChI is InChI=1S/C19H18N4O3/c1-25-19(24)13-2-4-15-16(10-13)22-17(12-20-15)14-3-5-18(21-11-14)23-6-8-26-9-7-23/h2-5,10-12H,6-9H2,1H3. The zero-order chi connectivity index (χ0) is 17.9. The van der Waals surface area contributed by atoms with Crippen LogP contribution in [0.2, 0.25) is 0 Å². The summed E-state index contributed by atoms with van der Waals surface area (Å²) in [5.41, 5.74) is 3.40. The van der Waals surface area contributed by atoms with Gasteiger partial charge < -0.3 is 14.4 Å². The fraction of sp³-hybridized carbons (Fsp3) is 0.263. The van der Waals surface area contributed by atoms with Crippen LogP contribution in [0.25, 0.3) is 22.3 Å². The lowest BCUT2D eigenvalue weighted by molar-refractivity contribution is 0.0601. The van der Waals surface area contributed by atoms with Crippen LogP contribution < -0.4 is 4.90 Å². The molecule has 0 spiro atoms. The van der Waals surface area contributed by atoms with Crippen molar-refractivity contribution in [3.05, 3.63) is 48.3 Å². The Hall–Kier alpha value is -3.06. The molecule has 1 fully saturated rings. The van der Waals surface area contributed by atoms with E-state index in [-0.39, 0.29) is 0 Å². The Labute approximate surface area is 150 Å². The average molecular weight is 350 g/mol. The second-order valence-electron chi connectivity index (χ2n) is 5.95. The molecule has 0 N–H and O–H groups in total. The van der Waals surface area contributed by atoms with Gasteiger partial charge in [0.05, 0.1) is 48.8 Å². The van der Waals surface area contributed by atoms with E-state index in [1.54, 1.807) is 30.6 Å². The molecule has 0 atom stereocenters. The fourth-order valence-corrected chi connectivity index (χ4v) is 2.91. The van der Waals surface area contributed by atoms with Gasteiger partial charge in [-0.15, -0.1) is 0 Å². The predicted molar refractivity (Wildman–Crippen MR) is 97.1 cm³/mol. The Morgan fingerprint density at radius 1 is 1.08 bits per heavy atom. The minimum Gasteiger partial charge on any atom is -0.465 e. The molecule has 3 heterocycles. The van der Waals surface area contributed by atoms with Gasteiger partial charge in [-0.25, -0.2) is 14.8 Å². The molecule has 7 nitrogen and oxygen atoms in total. The van der Waals surface area contributed by atoms with Gasteiger partial charge in [-0.3, -0.25) is 4.98 Å². The molecule has 4 rings (SSSR count). The predicted octanol–water partition coefficient (Wildman–Crippen LogP) is 2.32. The lowest BCUT2D eigenvalue weighted by atomic mass is 10.1. The molecule has 26 heavy (non-hydrogen) atoms. The summed E-state index contributed by atoms with van der Waals surface area (Å²) in [5, 5.41) is 0. The number of rotatable bonds is 3. The maximum atomic E-state index is 11.7. The molecule has 0 bridgehead atoms. The Kier molecular flexibility index (Phi) is 4.45. The monoisotopic (exact) mass is 350 g/mol. The van der Waals surface area contributed by atoms with E-state index < -0.39 is 5.97 Å². The number of methoxy groups -OCH3 is 1. The molecule has 7 heteroatoms. The molecule has 0 aliphatic carbocycles. The first-order valence-corrected chi connectivity index (χ1v) is 8.39. The van der Waals surface area contributed by atoms with E-state index in [2.05, 4.69) is 19.9 Å². The number of benzene rings is 1. The van der Waals surface area contributed by atoms with E-state index in [0.717, 1.165) is 43.2 Å². The van der Waals surface area contributed by atoms with Crippen molar-refractivity contribution in [3.63, 3.8) is 0 Å². The van der Waals surface area contributed by atoms with Crippen molar-refractivity contribution in [3.8, 4) is 11.3 Å². The van der Waals surface area contributed by atoms with Crippen molar-refractivity contribution in [2.24, 2.45) is 0 Å². The summed E-state index contributed by atoms with van der Waals surface area (Å²) in [4.78, 5) is 27.5. The molecular formula is C19H18N4O3. The van der Waals surface area contributed by atoms with Crippen LogP contribution in [0.1, 0.15) is 10.4 Å². The zero-order valence-electron chi connectivity index (χ0n) is 14.4. The smallest absolute Gasteiger partial charge is 0.337 e. The number of pyridine rings is 1. The van der Waals surface area contributed by atoms with Gasteiger partial charge in [0, 0.05) is 24.8 Å². The van der Waals surface area contributed by atoms with E-state index in [9.17, 15) is 4.79 Å². The number of hydrogen-bond donors (Lipinski definition) is 0. The molecule has 0 radical (unpaired) electrons. The highest BCUT2D eigenvalue weighted by Crippen LogP contribution is 2.22. The number of fused-ring (bicyclic) bond motifs is 1. The maximum Gasteiger partial charge on any atom is 0.337 e. The quantitative estimate of drug-likeness (QED) is 0.671. The topological polar surface area (TPSA) is 77.4 Å². The lowest BCUT2D eigenvalue weighted by Gasteiger charge is -2.27. The van der Waals surface area contributed by atoms with E-state index in [1.165, 1.54) is 7.11 Å². The van der Waals surface area contributed by atoms with E-state index >= 15 is 0 Å². The first-order chi connectivity index (χ1) is 12.7. The minimum absolute atomic E-state index is 0.393. The molecule has 3 aromatic rings. The second kappa shape index (κ2) is 7.05. The van der Waals surface area contributed by atoms with Crippen LogP contribution in [0.5, 0.6) is 0 Å². The van der Waals surface area contributed by atoms with Crippen molar-refractivity contribution in [1.82, 2.24) is 15.0 Å². The Bertz CT molecular complexity index is 937. The SMILES string of the molecule is COC(=O)c1ccc2ncc(-c3ccc(N4CCOCC4)nc3)nc2c1. The molecule has 1 aliphatic rings. The molecule has 132 valence electrons. The number of nitrogens with zero attached hydrogens (tertiary/aromatic N) is 4. The third-order valence-corrected chi connectivity index (χ3v) is 4.34. The van der Waals surface area contributed by atoms with Crippen molar-refractivity contribution in [1.29, 1.82) is 0 Å². The molecule has 2 aromatic heterocycles. The maximum absolute atomic E-state index is 11.7. The zero-order valence-corrected chi connectivity index (χ0v) is 14.4. The number of carbonyl (C=O) groups is 1. The molecule has 1 saturated heterocycles. The van der Waals surface area contributed by atoms with Crippen molar-refractivity contribution in [2.75, 3.05) is 38.3 Å². The van der Waals surface area contributed by atoms with Gasteiger partial charge in [0.25, 0.3) is 0 Å². The number of carbonyl (C=O) groups excluding carboxylic acids is 1. The van der Waals surface area contributed by atoms with Crippen LogP contribution >= 0.6 is 0 Å².